The van der Waals surface area contributed by atoms with Crippen LogP contribution in [0.4, 0.5) is 8.78 Å². The van der Waals surface area contributed by atoms with Gasteiger partial charge in [-0.2, -0.15) is 0 Å². The largest absolute Gasteiger partial charge is 0.508 e. The molecule has 6 rings (SSSR count). The van der Waals surface area contributed by atoms with E-state index in [9.17, 15) is 13.9 Å². The third-order valence-corrected chi connectivity index (χ3v) is 7.42. The second-order valence-electron chi connectivity index (χ2n) is 9.90. The standard InChI is InChI=1S/C31H29F2NO3.ClH/c32-21-17-27(33)30-26-11-7-20-16-23(35)8-12-25(20)29(26)31(37-28(30)18-21)19-5-9-24(10-6-19)36-15-13-22-4-2-1-3-14-34-22;/h5-12,16-18,22,31,34-35H,1-4,13-15H2;1H. The maximum atomic E-state index is 15.0. The summed E-state index contributed by atoms with van der Waals surface area (Å²) in [7, 11) is 0. The van der Waals surface area contributed by atoms with Gasteiger partial charge in [0.1, 0.15) is 28.9 Å². The average Bonchev–Trinajstić information content (AvgIpc) is 3.17. The molecule has 2 N–H and O–H groups in total. The molecule has 0 saturated carbocycles. The molecule has 38 heavy (non-hydrogen) atoms. The van der Waals surface area contributed by atoms with E-state index in [1.807, 2.05) is 42.5 Å². The van der Waals surface area contributed by atoms with Crippen LogP contribution in [0.15, 0.2) is 66.7 Å². The highest BCUT2D eigenvalue weighted by molar-refractivity contribution is 5.95. The second kappa shape index (κ2) is 11.2. The van der Waals surface area contributed by atoms with Gasteiger partial charge in [-0.1, -0.05) is 43.2 Å². The van der Waals surface area contributed by atoms with Crippen molar-refractivity contribution < 1.29 is 23.4 Å². The van der Waals surface area contributed by atoms with E-state index in [2.05, 4.69) is 5.32 Å². The zero-order valence-electron chi connectivity index (χ0n) is 20.9. The number of benzene rings is 4. The summed E-state index contributed by atoms with van der Waals surface area (Å²) in [6.45, 7) is 1.72. The van der Waals surface area contributed by atoms with Crippen LogP contribution in [-0.4, -0.2) is 24.3 Å². The monoisotopic (exact) mass is 537 g/mol. The highest BCUT2D eigenvalue weighted by Crippen LogP contribution is 2.49. The molecule has 4 nitrogen and oxygen atoms in total. The Kier molecular flexibility index (Phi) is 7.73. The minimum Gasteiger partial charge on any atom is -0.508 e. The van der Waals surface area contributed by atoms with Gasteiger partial charge in [0.25, 0.3) is 0 Å². The van der Waals surface area contributed by atoms with Crippen molar-refractivity contribution in [3.8, 4) is 28.4 Å². The lowest BCUT2D eigenvalue weighted by Gasteiger charge is -2.31. The fourth-order valence-corrected chi connectivity index (χ4v) is 5.57. The predicted octanol–water partition coefficient (Wildman–Crippen LogP) is 7.70. The Balaban J connectivity index is 0.00000294. The maximum absolute atomic E-state index is 15.0. The first-order valence-electron chi connectivity index (χ1n) is 12.9. The number of aromatic hydroxyl groups is 1. The summed E-state index contributed by atoms with van der Waals surface area (Å²) >= 11 is 0. The molecule has 2 atom stereocenters. The number of rotatable bonds is 5. The molecule has 2 unspecified atom stereocenters. The molecule has 0 radical (unpaired) electrons. The van der Waals surface area contributed by atoms with Crippen molar-refractivity contribution in [2.45, 2.75) is 44.2 Å². The first-order chi connectivity index (χ1) is 18.1. The summed E-state index contributed by atoms with van der Waals surface area (Å²) in [5.74, 6) is -0.260. The van der Waals surface area contributed by atoms with Gasteiger partial charge in [0.2, 0.25) is 0 Å². The molecule has 4 aromatic carbocycles. The Morgan fingerprint density at radius 1 is 0.947 bits per heavy atom. The number of phenols is 1. The normalized spacial score (nSPS) is 18.5. The van der Waals surface area contributed by atoms with Gasteiger partial charge in [-0.15, -0.1) is 12.4 Å². The molecular weight excluding hydrogens is 508 g/mol. The van der Waals surface area contributed by atoms with Gasteiger partial charge in [-0.05, 0) is 72.0 Å². The van der Waals surface area contributed by atoms with Crippen LogP contribution in [0.25, 0.3) is 21.9 Å². The van der Waals surface area contributed by atoms with E-state index in [0.717, 1.165) is 46.7 Å². The van der Waals surface area contributed by atoms with Crippen molar-refractivity contribution in [1.29, 1.82) is 0 Å². The van der Waals surface area contributed by atoms with Gasteiger partial charge >= 0.3 is 0 Å². The van der Waals surface area contributed by atoms with Gasteiger partial charge in [-0.25, -0.2) is 8.78 Å². The topological polar surface area (TPSA) is 50.7 Å². The molecular formula is C31H30ClF2NO3. The lowest BCUT2D eigenvalue weighted by atomic mass is 9.85. The van der Waals surface area contributed by atoms with Crippen LogP contribution in [0.3, 0.4) is 0 Å². The van der Waals surface area contributed by atoms with Crippen molar-refractivity contribution in [1.82, 2.24) is 5.32 Å². The van der Waals surface area contributed by atoms with Crippen molar-refractivity contribution in [2.24, 2.45) is 0 Å². The number of fused-ring (bicyclic) bond motifs is 5. The van der Waals surface area contributed by atoms with E-state index in [0.29, 0.717) is 18.2 Å². The van der Waals surface area contributed by atoms with E-state index in [4.69, 9.17) is 9.47 Å². The van der Waals surface area contributed by atoms with Crippen LogP contribution >= 0.6 is 12.4 Å². The SMILES string of the molecule is Cl.Oc1ccc2c3c(ccc2c1)-c1c(F)cc(F)cc1OC3c1ccc(OCCC2CCCCCN2)cc1. The quantitative estimate of drug-likeness (QED) is 0.274. The number of halogens is 3. The molecule has 1 saturated heterocycles. The Hall–Kier alpha value is -3.35. The molecule has 1 fully saturated rings. The first kappa shape index (κ1) is 26.3. The molecule has 0 amide bonds. The predicted molar refractivity (Wildman–Crippen MR) is 147 cm³/mol. The summed E-state index contributed by atoms with van der Waals surface area (Å²) in [5, 5.41) is 15.2. The summed E-state index contributed by atoms with van der Waals surface area (Å²) in [6, 6.07) is 19.1. The van der Waals surface area contributed by atoms with Crippen LogP contribution < -0.4 is 14.8 Å². The Labute approximate surface area is 227 Å². The molecule has 7 heteroatoms. The summed E-state index contributed by atoms with van der Waals surface area (Å²) in [6.07, 6.45) is 5.37. The van der Waals surface area contributed by atoms with Crippen LogP contribution in [-0.2, 0) is 0 Å². The Bertz CT molecular complexity index is 1440. The van der Waals surface area contributed by atoms with Gasteiger partial charge in [0.05, 0.1) is 12.2 Å². The third-order valence-electron chi connectivity index (χ3n) is 7.42. The average molecular weight is 538 g/mol. The molecule has 2 aliphatic heterocycles. The minimum atomic E-state index is -0.684. The minimum absolute atomic E-state index is 0. The molecule has 2 aliphatic rings. The van der Waals surface area contributed by atoms with Gasteiger partial charge in [0, 0.05) is 23.7 Å². The number of nitrogens with one attached hydrogen (secondary N) is 1. The zero-order valence-corrected chi connectivity index (χ0v) is 21.7. The fourth-order valence-electron chi connectivity index (χ4n) is 5.57. The van der Waals surface area contributed by atoms with Gasteiger partial charge in [-0.3, -0.25) is 0 Å². The number of hydrogen-bond donors (Lipinski definition) is 2. The van der Waals surface area contributed by atoms with Crippen LogP contribution in [0.2, 0.25) is 0 Å². The Morgan fingerprint density at radius 2 is 1.79 bits per heavy atom. The van der Waals surface area contributed by atoms with E-state index in [1.54, 1.807) is 12.1 Å². The van der Waals surface area contributed by atoms with Crippen LogP contribution in [0.5, 0.6) is 17.2 Å². The highest BCUT2D eigenvalue weighted by atomic mass is 35.5. The molecule has 2 heterocycles. The summed E-state index contributed by atoms with van der Waals surface area (Å²) in [4.78, 5) is 0. The summed E-state index contributed by atoms with van der Waals surface area (Å²) < 4.78 is 41.4. The molecule has 0 spiro atoms. The van der Waals surface area contributed by atoms with E-state index in [-0.39, 0.29) is 29.5 Å². The van der Waals surface area contributed by atoms with Crippen molar-refractivity contribution in [2.75, 3.05) is 13.2 Å². The lowest BCUT2D eigenvalue weighted by Crippen LogP contribution is -2.29. The van der Waals surface area contributed by atoms with E-state index in [1.165, 1.54) is 31.7 Å². The van der Waals surface area contributed by atoms with Gasteiger partial charge in [0.15, 0.2) is 6.10 Å². The number of phenolic OH excluding ortho intramolecular Hbond substituents is 1. The molecule has 4 aromatic rings. The maximum Gasteiger partial charge on any atom is 0.150 e. The fraction of sp³-hybridized carbons (Fsp3) is 0.290. The lowest BCUT2D eigenvalue weighted by molar-refractivity contribution is 0.242. The number of hydrogen-bond acceptors (Lipinski definition) is 4. The second-order valence-corrected chi connectivity index (χ2v) is 9.90. The van der Waals surface area contributed by atoms with Gasteiger partial charge < -0.3 is 19.9 Å². The van der Waals surface area contributed by atoms with Crippen LogP contribution in [0.1, 0.15) is 49.3 Å². The first-order valence-corrected chi connectivity index (χ1v) is 12.9. The van der Waals surface area contributed by atoms with Crippen LogP contribution in [0, 0.1) is 11.6 Å². The van der Waals surface area contributed by atoms with Crippen molar-refractivity contribution in [3.05, 3.63) is 89.5 Å². The molecule has 0 aliphatic carbocycles. The van der Waals surface area contributed by atoms with E-state index < -0.39 is 17.7 Å². The smallest absolute Gasteiger partial charge is 0.150 e. The van der Waals surface area contributed by atoms with Crippen molar-refractivity contribution in [3.63, 3.8) is 0 Å². The Morgan fingerprint density at radius 3 is 2.63 bits per heavy atom. The molecule has 0 aromatic heterocycles. The summed E-state index contributed by atoms with van der Waals surface area (Å²) in [5.41, 5.74) is 2.52. The third kappa shape index (κ3) is 5.16. The van der Waals surface area contributed by atoms with E-state index >= 15 is 0 Å². The molecule has 0 bridgehead atoms. The molecule has 198 valence electrons. The highest BCUT2D eigenvalue weighted by Gasteiger charge is 2.32. The number of ether oxygens (including phenoxy) is 2. The zero-order chi connectivity index (χ0) is 25.4. The van der Waals surface area contributed by atoms with Crippen molar-refractivity contribution >= 4 is 23.2 Å².